The van der Waals surface area contributed by atoms with Crippen molar-refractivity contribution >= 4 is 27.5 Å². The van der Waals surface area contributed by atoms with Gasteiger partial charge in [0.2, 0.25) is 5.91 Å². The number of nitrogens with one attached hydrogen (secondary N) is 1. The fourth-order valence-corrected chi connectivity index (χ4v) is 3.20. The Bertz CT molecular complexity index is 697. The average Bonchev–Trinajstić information content (AvgIpc) is 2.52. The smallest absolute Gasteiger partial charge is 0.220 e. The van der Waals surface area contributed by atoms with Crippen LogP contribution >= 0.6 is 15.9 Å². The molecule has 24 heavy (non-hydrogen) atoms. The van der Waals surface area contributed by atoms with Crippen molar-refractivity contribution < 1.29 is 9.53 Å². The first-order chi connectivity index (χ1) is 11.6. The van der Waals surface area contributed by atoms with Gasteiger partial charge < -0.3 is 15.8 Å². The quantitative estimate of drug-likeness (QED) is 0.751. The molecule has 1 amide bonds. The van der Waals surface area contributed by atoms with E-state index in [-0.39, 0.29) is 12.3 Å². The van der Waals surface area contributed by atoms with Gasteiger partial charge >= 0.3 is 0 Å². The highest BCUT2D eigenvalue weighted by Gasteiger charge is 2.30. The Morgan fingerprint density at radius 1 is 1.17 bits per heavy atom. The van der Waals surface area contributed by atoms with Crippen molar-refractivity contribution in [1.29, 1.82) is 0 Å². The number of ether oxygens (including phenoxy) is 1. The average molecular weight is 389 g/mol. The summed E-state index contributed by atoms with van der Waals surface area (Å²) in [6, 6.07) is 16.8. The third-order valence-electron chi connectivity index (χ3n) is 4.33. The summed E-state index contributed by atoms with van der Waals surface area (Å²) in [6.07, 6.45) is 2.44. The van der Waals surface area contributed by atoms with Crippen LogP contribution in [0, 0.1) is 0 Å². The van der Waals surface area contributed by atoms with E-state index in [4.69, 9.17) is 10.5 Å². The van der Waals surface area contributed by atoms with Gasteiger partial charge in [0, 0.05) is 10.5 Å². The van der Waals surface area contributed by atoms with Crippen molar-refractivity contribution in [3.63, 3.8) is 0 Å². The zero-order valence-corrected chi connectivity index (χ0v) is 15.0. The first-order valence-electron chi connectivity index (χ1n) is 8.14. The predicted molar refractivity (Wildman–Crippen MR) is 99.3 cm³/mol. The van der Waals surface area contributed by atoms with Crippen LogP contribution in [0.1, 0.15) is 30.7 Å². The normalized spacial score (nSPS) is 19.4. The number of hydrogen-bond acceptors (Lipinski definition) is 3. The van der Waals surface area contributed by atoms with Crippen LogP contribution in [0.15, 0.2) is 53.0 Å². The molecular weight excluding hydrogens is 368 g/mol. The van der Waals surface area contributed by atoms with E-state index in [1.165, 1.54) is 5.56 Å². The fourth-order valence-electron chi connectivity index (χ4n) is 2.94. The lowest BCUT2D eigenvalue weighted by molar-refractivity contribution is -0.118. The molecule has 2 aromatic carbocycles. The molecule has 126 valence electrons. The monoisotopic (exact) mass is 388 g/mol. The van der Waals surface area contributed by atoms with Crippen LogP contribution in [0.4, 0.5) is 5.69 Å². The molecule has 2 aromatic rings. The van der Waals surface area contributed by atoms with Gasteiger partial charge in [0.25, 0.3) is 0 Å². The minimum Gasteiger partial charge on any atom is -0.491 e. The lowest BCUT2D eigenvalue weighted by Crippen LogP contribution is -2.34. The summed E-state index contributed by atoms with van der Waals surface area (Å²) in [5.74, 6) is 1.03. The van der Waals surface area contributed by atoms with Gasteiger partial charge in [-0.2, -0.15) is 0 Å². The molecule has 1 fully saturated rings. The summed E-state index contributed by atoms with van der Waals surface area (Å²) in [4.78, 5) is 10.8. The van der Waals surface area contributed by atoms with Crippen molar-refractivity contribution in [3.05, 3.63) is 58.6 Å². The zero-order valence-electron chi connectivity index (χ0n) is 13.4. The Hall–Kier alpha value is -2.01. The zero-order chi connectivity index (χ0) is 16.9. The van der Waals surface area contributed by atoms with E-state index in [0.717, 1.165) is 28.8 Å². The molecule has 1 aliphatic carbocycles. The van der Waals surface area contributed by atoms with Crippen molar-refractivity contribution in [3.8, 4) is 5.75 Å². The largest absolute Gasteiger partial charge is 0.491 e. The molecule has 3 rings (SSSR count). The predicted octanol–water partition coefficient (Wildman–Crippen LogP) is 4.06. The topological polar surface area (TPSA) is 64.4 Å². The number of anilines is 1. The van der Waals surface area contributed by atoms with Gasteiger partial charge in [-0.15, -0.1) is 0 Å². The molecule has 0 atom stereocenters. The number of nitrogens with two attached hydrogens (primary N) is 1. The number of carbonyl (C=O) groups excluding carboxylic acids is 1. The number of rotatable bonds is 7. The van der Waals surface area contributed by atoms with Crippen LogP contribution in [0.5, 0.6) is 5.75 Å². The lowest BCUT2D eigenvalue weighted by Gasteiger charge is -2.37. The van der Waals surface area contributed by atoms with Crippen LogP contribution in [0.2, 0.25) is 0 Å². The summed E-state index contributed by atoms with van der Waals surface area (Å²) in [6.45, 7) is 0.306. The number of hydrogen-bond donors (Lipinski definition) is 2. The van der Waals surface area contributed by atoms with Crippen molar-refractivity contribution in [2.75, 3.05) is 11.9 Å². The van der Waals surface area contributed by atoms with Gasteiger partial charge in [-0.05, 0) is 48.6 Å². The standard InChI is InChI=1S/C19H21BrN2O2/c20-15-7-5-13(6-8-15)14-11-16(12-14)22-17-3-1-2-4-18(17)24-10-9-19(21)23/h1-8,14,16,22H,9-12H2,(H2,21,23). The van der Waals surface area contributed by atoms with Crippen molar-refractivity contribution in [1.82, 2.24) is 0 Å². The minimum atomic E-state index is -0.350. The first-order valence-corrected chi connectivity index (χ1v) is 8.93. The Kier molecular flexibility index (Phi) is 5.41. The molecular formula is C19H21BrN2O2. The van der Waals surface area contributed by atoms with Gasteiger partial charge in [0.1, 0.15) is 5.75 Å². The number of para-hydroxylation sites is 2. The molecule has 0 unspecified atom stereocenters. The lowest BCUT2D eigenvalue weighted by atomic mass is 9.76. The molecule has 1 saturated carbocycles. The van der Waals surface area contributed by atoms with Crippen LogP contribution < -0.4 is 15.8 Å². The van der Waals surface area contributed by atoms with E-state index in [0.29, 0.717) is 18.6 Å². The summed E-state index contributed by atoms with van der Waals surface area (Å²) in [7, 11) is 0. The second-order valence-electron chi connectivity index (χ2n) is 6.12. The number of halogens is 1. The van der Waals surface area contributed by atoms with Gasteiger partial charge in [-0.1, -0.05) is 40.2 Å². The SMILES string of the molecule is NC(=O)CCOc1ccccc1NC1CC(c2ccc(Br)cc2)C1. The van der Waals surface area contributed by atoms with E-state index in [1.807, 2.05) is 24.3 Å². The Morgan fingerprint density at radius 2 is 1.88 bits per heavy atom. The molecule has 0 aromatic heterocycles. The highest BCUT2D eigenvalue weighted by molar-refractivity contribution is 9.10. The first kappa shape index (κ1) is 16.8. The van der Waals surface area contributed by atoms with Crippen LogP contribution in [0.25, 0.3) is 0 Å². The summed E-state index contributed by atoms with van der Waals surface area (Å²) >= 11 is 3.47. The second-order valence-corrected chi connectivity index (χ2v) is 7.04. The third-order valence-corrected chi connectivity index (χ3v) is 4.86. The van der Waals surface area contributed by atoms with Gasteiger partial charge in [0.15, 0.2) is 0 Å². The molecule has 0 heterocycles. The molecule has 0 spiro atoms. The Morgan fingerprint density at radius 3 is 2.58 bits per heavy atom. The maximum atomic E-state index is 10.8. The maximum absolute atomic E-state index is 10.8. The third kappa shape index (κ3) is 4.29. The molecule has 3 N–H and O–H groups in total. The van der Waals surface area contributed by atoms with Crippen LogP contribution in [-0.2, 0) is 4.79 Å². The van der Waals surface area contributed by atoms with Gasteiger partial charge in [-0.25, -0.2) is 0 Å². The van der Waals surface area contributed by atoms with E-state index >= 15 is 0 Å². The van der Waals surface area contributed by atoms with Gasteiger partial charge in [-0.3, -0.25) is 4.79 Å². The number of primary amides is 1. The number of benzene rings is 2. The maximum Gasteiger partial charge on any atom is 0.220 e. The summed E-state index contributed by atoms with van der Waals surface area (Å²) in [5, 5.41) is 3.55. The Balaban J connectivity index is 1.54. The van der Waals surface area contributed by atoms with E-state index < -0.39 is 0 Å². The Labute approximate surface area is 150 Å². The van der Waals surface area contributed by atoms with Crippen molar-refractivity contribution in [2.24, 2.45) is 5.73 Å². The van der Waals surface area contributed by atoms with Crippen LogP contribution in [-0.4, -0.2) is 18.6 Å². The van der Waals surface area contributed by atoms with Crippen LogP contribution in [0.3, 0.4) is 0 Å². The molecule has 0 radical (unpaired) electrons. The van der Waals surface area contributed by atoms with Gasteiger partial charge in [0.05, 0.1) is 18.7 Å². The molecule has 0 saturated heterocycles. The van der Waals surface area contributed by atoms with Crippen molar-refractivity contribution in [2.45, 2.75) is 31.2 Å². The molecule has 0 aliphatic heterocycles. The number of amides is 1. The summed E-state index contributed by atoms with van der Waals surface area (Å²) in [5.41, 5.74) is 7.51. The molecule has 5 heteroatoms. The fraction of sp³-hybridized carbons (Fsp3) is 0.316. The highest BCUT2D eigenvalue weighted by atomic mass is 79.9. The minimum absolute atomic E-state index is 0.226. The van der Waals surface area contributed by atoms with E-state index in [9.17, 15) is 4.79 Å². The molecule has 4 nitrogen and oxygen atoms in total. The second kappa shape index (κ2) is 7.71. The molecule has 1 aliphatic rings. The highest BCUT2D eigenvalue weighted by Crippen LogP contribution is 2.40. The molecule has 0 bridgehead atoms. The number of carbonyl (C=O) groups is 1. The van der Waals surface area contributed by atoms with E-state index in [1.54, 1.807) is 0 Å². The summed E-state index contributed by atoms with van der Waals surface area (Å²) < 4.78 is 6.79. The van der Waals surface area contributed by atoms with E-state index in [2.05, 4.69) is 45.5 Å².